The number of aliphatic imine (C=N–C) groups is 1. The molecule has 1 aromatic carbocycles. The fourth-order valence-corrected chi connectivity index (χ4v) is 4.63. The third-order valence-electron chi connectivity index (χ3n) is 4.63. The van der Waals surface area contributed by atoms with Gasteiger partial charge in [-0.15, -0.1) is 0 Å². The van der Waals surface area contributed by atoms with E-state index in [1.54, 1.807) is 0 Å². The van der Waals surface area contributed by atoms with E-state index in [0.29, 0.717) is 5.96 Å². The largest absolute Gasteiger partial charge is 0.379 e. The summed E-state index contributed by atoms with van der Waals surface area (Å²) in [5.41, 5.74) is 8.47. The third-order valence-corrected chi connectivity index (χ3v) is 5.87. The Kier molecular flexibility index (Phi) is 5.46. The molecule has 3 N–H and O–H groups in total. The van der Waals surface area contributed by atoms with Crippen LogP contribution < -0.4 is 11.1 Å². The highest BCUT2D eigenvalue weighted by Gasteiger charge is 2.40. The number of benzene rings is 1. The van der Waals surface area contributed by atoms with Gasteiger partial charge in [-0.05, 0) is 31.2 Å². The average Bonchev–Trinajstić information content (AvgIpc) is 3.06. The number of hydrogen-bond donors (Lipinski definition) is 2. The summed E-state index contributed by atoms with van der Waals surface area (Å²) in [7, 11) is 0. The summed E-state index contributed by atoms with van der Waals surface area (Å²) in [6.45, 7) is 6.49. The number of aryl methyl sites for hydroxylation is 1. The van der Waals surface area contributed by atoms with Crippen LogP contribution >= 0.6 is 11.8 Å². The predicted octanol–water partition coefficient (Wildman–Crippen LogP) is 1.93. The first kappa shape index (κ1) is 16.6. The van der Waals surface area contributed by atoms with Gasteiger partial charge in [0.2, 0.25) is 0 Å². The first-order valence-electron chi connectivity index (χ1n) is 8.22. The van der Waals surface area contributed by atoms with Gasteiger partial charge in [-0.1, -0.05) is 17.7 Å². The van der Waals surface area contributed by atoms with Crippen molar-refractivity contribution in [1.29, 1.82) is 0 Å². The molecule has 2 heterocycles. The lowest BCUT2D eigenvalue weighted by molar-refractivity contribution is -0.0104. The van der Waals surface area contributed by atoms with Crippen molar-refractivity contribution in [3.8, 4) is 0 Å². The Hall–Kier alpha value is -1.24. The van der Waals surface area contributed by atoms with E-state index in [2.05, 4.69) is 34.3 Å². The molecule has 2 aliphatic rings. The Morgan fingerprint density at radius 3 is 2.74 bits per heavy atom. The molecule has 3 rings (SSSR count). The highest BCUT2D eigenvalue weighted by Crippen LogP contribution is 2.34. The minimum Gasteiger partial charge on any atom is -0.379 e. The van der Waals surface area contributed by atoms with Crippen molar-refractivity contribution in [1.82, 2.24) is 4.90 Å². The third kappa shape index (κ3) is 4.19. The normalized spacial score (nSPS) is 26.4. The van der Waals surface area contributed by atoms with Crippen molar-refractivity contribution in [2.45, 2.75) is 18.9 Å². The van der Waals surface area contributed by atoms with Gasteiger partial charge in [0.15, 0.2) is 5.96 Å². The number of hydrogen-bond acceptors (Lipinski definition) is 4. The van der Waals surface area contributed by atoms with Gasteiger partial charge in [-0.2, -0.15) is 11.8 Å². The predicted molar refractivity (Wildman–Crippen MR) is 98.4 cm³/mol. The second-order valence-electron chi connectivity index (χ2n) is 6.32. The van der Waals surface area contributed by atoms with Gasteiger partial charge in [-0.25, -0.2) is 0 Å². The Labute approximate surface area is 142 Å². The van der Waals surface area contributed by atoms with Gasteiger partial charge in [0.05, 0.1) is 25.3 Å². The molecule has 1 atom stereocenters. The van der Waals surface area contributed by atoms with E-state index in [9.17, 15) is 0 Å². The van der Waals surface area contributed by atoms with Crippen LogP contribution in [0.2, 0.25) is 0 Å². The molecular formula is C17H26N4OS. The number of anilines is 1. The van der Waals surface area contributed by atoms with Gasteiger partial charge in [0.25, 0.3) is 0 Å². The Bertz CT molecular complexity index is 534. The van der Waals surface area contributed by atoms with Crippen LogP contribution in [0.25, 0.3) is 0 Å². The van der Waals surface area contributed by atoms with Crippen LogP contribution in [0.4, 0.5) is 5.69 Å². The van der Waals surface area contributed by atoms with Gasteiger partial charge in [0.1, 0.15) is 0 Å². The Balaban J connectivity index is 1.64. The van der Waals surface area contributed by atoms with Crippen LogP contribution in [0, 0.1) is 6.92 Å². The molecule has 0 radical (unpaired) electrons. The highest BCUT2D eigenvalue weighted by molar-refractivity contribution is 7.99. The monoisotopic (exact) mass is 334 g/mol. The number of rotatable bonds is 4. The second-order valence-corrected chi connectivity index (χ2v) is 7.42. The van der Waals surface area contributed by atoms with E-state index in [1.165, 1.54) is 17.7 Å². The number of nitrogens with zero attached hydrogens (tertiary/aromatic N) is 2. The summed E-state index contributed by atoms with van der Waals surface area (Å²) in [4.78, 5) is 7.21. The van der Waals surface area contributed by atoms with Crippen LogP contribution in [-0.2, 0) is 4.74 Å². The van der Waals surface area contributed by atoms with Crippen molar-refractivity contribution in [3.63, 3.8) is 0 Å². The average molecular weight is 334 g/mol. The minimum atomic E-state index is 0.147. The second kappa shape index (κ2) is 7.55. The number of morpholine rings is 1. The molecule has 126 valence electrons. The number of nitrogens with two attached hydrogens (primary N) is 1. The lowest BCUT2D eigenvalue weighted by Crippen LogP contribution is -2.56. The zero-order valence-corrected chi connectivity index (χ0v) is 14.6. The molecule has 0 aromatic heterocycles. The van der Waals surface area contributed by atoms with E-state index in [-0.39, 0.29) is 5.54 Å². The molecule has 23 heavy (non-hydrogen) atoms. The van der Waals surface area contributed by atoms with Crippen LogP contribution in [0.5, 0.6) is 0 Å². The van der Waals surface area contributed by atoms with E-state index in [1.807, 2.05) is 23.9 Å². The number of thioether (sulfide) groups is 1. The smallest absolute Gasteiger partial charge is 0.193 e. The first-order valence-corrected chi connectivity index (χ1v) is 9.38. The highest BCUT2D eigenvalue weighted by atomic mass is 32.2. The van der Waals surface area contributed by atoms with E-state index in [4.69, 9.17) is 10.5 Å². The fourth-order valence-electron chi connectivity index (χ4n) is 3.16. The molecular weight excluding hydrogens is 308 g/mol. The van der Waals surface area contributed by atoms with E-state index >= 15 is 0 Å². The number of nitrogens with one attached hydrogen (secondary N) is 1. The lowest BCUT2D eigenvalue weighted by Gasteiger charge is -2.42. The Morgan fingerprint density at radius 2 is 2.09 bits per heavy atom. The molecule has 0 amide bonds. The topological polar surface area (TPSA) is 62.9 Å². The lowest BCUT2D eigenvalue weighted by atomic mass is 9.96. The molecule has 1 unspecified atom stereocenters. The maximum atomic E-state index is 6.10. The maximum Gasteiger partial charge on any atom is 0.193 e. The zero-order chi connectivity index (χ0) is 16.1. The van der Waals surface area contributed by atoms with Crippen molar-refractivity contribution >= 4 is 23.4 Å². The minimum absolute atomic E-state index is 0.147. The molecule has 2 fully saturated rings. The van der Waals surface area contributed by atoms with Crippen molar-refractivity contribution in [2.24, 2.45) is 10.7 Å². The summed E-state index contributed by atoms with van der Waals surface area (Å²) in [6, 6.07) is 8.19. The summed E-state index contributed by atoms with van der Waals surface area (Å²) < 4.78 is 5.50. The molecule has 6 heteroatoms. The van der Waals surface area contributed by atoms with E-state index in [0.717, 1.165) is 44.3 Å². The van der Waals surface area contributed by atoms with Gasteiger partial charge in [-0.3, -0.25) is 9.89 Å². The zero-order valence-electron chi connectivity index (χ0n) is 13.8. The molecule has 0 spiro atoms. The number of guanidine groups is 1. The Morgan fingerprint density at radius 1 is 1.35 bits per heavy atom. The fraction of sp³-hybridized carbons (Fsp3) is 0.588. The van der Waals surface area contributed by atoms with Crippen LogP contribution in [0.15, 0.2) is 29.3 Å². The summed E-state index contributed by atoms with van der Waals surface area (Å²) in [6.07, 6.45) is 1.18. The first-order chi connectivity index (χ1) is 11.2. The summed E-state index contributed by atoms with van der Waals surface area (Å²) in [5, 5.41) is 3.19. The molecule has 2 saturated heterocycles. The van der Waals surface area contributed by atoms with Crippen LogP contribution in [0.1, 0.15) is 12.0 Å². The van der Waals surface area contributed by atoms with Gasteiger partial charge in [0, 0.05) is 24.5 Å². The van der Waals surface area contributed by atoms with Gasteiger partial charge < -0.3 is 15.8 Å². The number of ether oxygens (including phenoxy) is 1. The van der Waals surface area contributed by atoms with Crippen molar-refractivity contribution in [3.05, 3.63) is 29.8 Å². The SMILES string of the molecule is Cc1ccc(NC(N)=NCC2(N3CCOCC3)CCSC2)cc1. The van der Waals surface area contributed by atoms with Crippen LogP contribution in [0.3, 0.4) is 0 Å². The summed E-state index contributed by atoms with van der Waals surface area (Å²) in [5.74, 6) is 2.84. The molecule has 0 aliphatic carbocycles. The molecule has 5 nitrogen and oxygen atoms in total. The molecule has 2 aliphatic heterocycles. The quantitative estimate of drug-likeness (QED) is 0.651. The van der Waals surface area contributed by atoms with Crippen LogP contribution in [-0.4, -0.2) is 60.8 Å². The molecule has 0 bridgehead atoms. The van der Waals surface area contributed by atoms with Gasteiger partial charge >= 0.3 is 0 Å². The molecule has 0 saturated carbocycles. The van der Waals surface area contributed by atoms with Crippen molar-refractivity contribution < 1.29 is 4.74 Å². The molecule has 1 aromatic rings. The standard InChI is InChI=1S/C17H26N4OS/c1-14-2-4-15(5-3-14)20-16(18)19-12-17(6-11-23-13-17)21-7-9-22-10-8-21/h2-5H,6-13H2,1H3,(H3,18,19,20). The maximum absolute atomic E-state index is 6.10. The van der Waals surface area contributed by atoms with Crippen molar-refractivity contribution in [2.75, 3.05) is 49.7 Å². The summed E-state index contributed by atoms with van der Waals surface area (Å²) >= 11 is 2.02. The van der Waals surface area contributed by atoms with E-state index < -0.39 is 0 Å².